The third-order valence-corrected chi connectivity index (χ3v) is 5.44. The van der Waals surface area contributed by atoms with Crippen molar-refractivity contribution in [3.05, 3.63) is 42.5 Å². The number of hydrogen-bond acceptors (Lipinski definition) is 7. The van der Waals surface area contributed by atoms with Crippen LogP contribution < -0.4 is 18.9 Å². The van der Waals surface area contributed by atoms with Gasteiger partial charge in [0, 0.05) is 18.2 Å². The van der Waals surface area contributed by atoms with Crippen LogP contribution in [0.3, 0.4) is 0 Å². The predicted octanol–water partition coefficient (Wildman–Crippen LogP) is 3.33. The van der Waals surface area contributed by atoms with Gasteiger partial charge >= 0.3 is 0 Å². The molecule has 168 valence electrons. The molecule has 2 aliphatic rings. The van der Waals surface area contributed by atoms with E-state index in [9.17, 15) is 0 Å². The molecule has 3 heterocycles. The van der Waals surface area contributed by atoms with E-state index in [2.05, 4.69) is 0 Å². The molecule has 8 heteroatoms. The van der Waals surface area contributed by atoms with E-state index in [1.165, 1.54) is 0 Å². The number of methoxy groups -OCH3 is 2. The highest BCUT2D eigenvalue weighted by molar-refractivity contribution is 5.73. The molecule has 2 aliphatic heterocycles. The van der Waals surface area contributed by atoms with Crippen molar-refractivity contribution in [3.63, 3.8) is 0 Å². The van der Waals surface area contributed by atoms with Crippen molar-refractivity contribution in [3.8, 4) is 45.5 Å². The molecule has 0 amide bonds. The molecule has 2 unspecified atom stereocenters. The summed E-state index contributed by atoms with van der Waals surface area (Å²) >= 11 is 0. The van der Waals surface area contributed by atoms with Crippen LogP contribution >= 0.6 is 0 Å². The Morgan fingerprint density at radius 3 is 2.03 bits per heavy atom. The third-order valence-electron chi connectivity index (χ3n) is 5.44. The molecular formula is C24H26N2O6. The number of rotatable bonds is 10. The summed E-state index contributed by atoms with van der Waals surface area (Å²) in [5, 5.41) is 4.71. The first-order valence-electron chi connectivity index (χ1n) is 10.5. The summed E-state index contributed by atoms with van der Waals surface area (Å²) < 4.78 is 35.1. The Morgan fingerprint density at radius 2 is 1.47 bits per heavy atom. The molecule has 0 radical (unpaired) electrons. The molecule has 2 saturated heterocycles. The normalized spacial score (nSPS) is 18.8. The van der Waals surface area contributed by atoms with Crippen LogP contribution in [0, 0.1) is 0 Å². The maximum Gasteiger partial charge on any atom is 0.203 e. The Bertz CT molecular complexity index is 1060. The van der Waals surface area contributed by atoms with Gasteiger partial charge in [-0.05, 0) is 42.5 Å². The van der Waals surface area contributed by atoms with E-state index >= 15 is 0 Å². The summed E-state index contributed by atoms with van der Waals surface area (Å²) in [6, 6.07) is 13.9. The third kappa shape index (κ3) is 4.51. The maximum absolute atomic E-state index is 5.89. The number of ether oxygens (including phenoxy) is 6. The Hall–Kier alpha value is -3.23. The van der Waals surface area contributed by atoms with E-state index in [0.29, 0.717) is 30.5 Å². The van der Waals surface area contributed by atoms with Gasteiger partial charge in [-0.15, -0.1) is 0 Å². The average Bonchev–Trinajstić information content (AvgIpc) is 3.75. The van der Waals surface area contributed by atoms with Gasteiger partial charge in [-0.3, -0.25) is 4.68 Å². The van der Waals surface area contributed by atoms with Crippen molar-refractivity contribution in [2.75, 3.05) is 40.6 Å². The summed E-state index contributed by atoms with van der Waals surface area (Å²) in [6.45, 7) is 2.56. The van der Waals surface area contributed by atoms with Crippen LogP contribution in [-0.4, -0.2) is 62.6 Å². The lowest BCUT2D eigenvalue weighted by Gasteiger charge is -2.15. The smallest absolute Gasteiger partial charge is 0.203 e. The van der Waals surface area contributed by atoms with Gasteiger partial charge < -0.3 is 28.4 Å². The number of aromatic nitrogens is 2. The van der Waals surface area contributed by atoms with Gasteiger partial charge in [0.1, 0.15) is 31.2 Å². The zero-order chi connectivity index (χ0) is 22.1. The van der Waals surface area contributed by atoms with Crippen molar-refractivity contribution in [2.45, 2.75) is 12.2 Å². The molecule has 3 aromatic rings. The van der Waals surface area contributed by atoms with Crippen molar-refractivity contribution in [2.24, 2.45) is 7.05 Å². The van der Waals surface area contributed by atoms with Crippen molar-refractivity contribution < 1.29 is 28.4 Å². The quantitative estimate of drug-likeness (QED) is 0.449. The minimum absolute atomic E-state index is 0.140. The highest BCUT2D eigenvalue weighted by Gasteiger charge is 2.26. The summed E-state index contributed by atoms with van der Waals surface area (Å²) in [5.41, 5.74) is 3.72. The van der Waals surface area contributed by atoms with Gasteiger partial charge in [-0.2, -0.15) is 5.10 Å². The summed E-state index contributed by atoms with van der Waals surface area (Å²) in [5.74, 6) is 2.58. The van der Waals surface area contributed by atoms with Crippen LogP contribution in [0.25, 0.3) is 22.5 Å². The second kappa shape index (κ2) is 8.72. The molecule has 0 N–H and O–H groups in total. The Morgan fingerprint density at radius 1 is 0.875 bits per heavy atom. The molecule has 32 heavy (non-hydrogen) atoms. The standard InChI is InChI=1S/C24H26N2O6/c1-26-21(15-4-6-17(7-5-15)29-11-18-12-30-18)10-20(25-26)16-8-22(27-2)24(23(9-16)28-3)32-14-19-13-31-19/h4-10,18-19H,11-14H2,1-3H3. The lowest BCUT2D eigenvalue weighted by Crippen LogP contribution is -2.06. The number of benzene rings is 2. The molecule has 2 fully saturated rings. The molecule has 0 bridgehead atoms. The minimum Gasteiger partial charge on any atom is -0.493 e. The van der Waals surface area contributed by atoms with Crippen LogP contribution in [0.4, 0.5) is 0 Å². The molecule has 8 nitrogen and oxygen atoms in total. The van der Waals surface area contributed by atoms with Crippen molar-refractivity contribution in [1.29, 1.82) is 0 Å². The summed E-state index contributed by atoms with van der Waals surface area (Å²) in [6.07, 6.45) is 0.378. The molecule has 0 aliphatic carbocycles. The van der Waals surface area contributed by atoms with Gasteiger partial charge in [-0.1, -0.05) is 0 Å². The first kappa shape index (κ1) is 20.7. The minimum atomic E-state index is 0.140. The monoisotopic (exact) mass is 438 g/mol. The zero-order valence-corrected chi connectivity index (χ0v) is 18.4. The van der Waals surface area contributed by atoms with E-state index in [0.717, 1.165) is 41.5 Å². The lowest BCUT2D eigenvalue weighted by molar-refractivity contribution is 0.241. The number of epoxide rings is 2. The summed E-state index contributed by atoms with van der Waals surface area (Å²) in [4.78, 5) is 0. The molecule has 1 aromatic heterocycles. The maximum atomic E-state index is 5.89. The molecule has 5 rings (SSSR count). The Kier molecular flexibility index (Phi) is 5.63. The fraction of sp³-hybridized carbons (Fsp3) is 0.375. The van der Waals surface area contributed by atoms with Gasteiger partial charge in [0.25, 0.3) is 0 Å². The van der Waals surface area contributed by atoms with Crippen LogP contribution in [0.1, 0.15) is 0 Å². The second-order valence-corrected chi connectivity index (χ2v) is 7.81. The molecule has 2 aromatic carbocycles. The second-order valence-electron chi connectivity index (χ2n) is 7.81. The predicted molar refractivity (Wildman–Crippen MR) is 118 cm³/mol. The average molecular weight is 438 g/mol. The van der Waals surface area contributed by atoms with Gasteiger partial charge in [-0.25, -0.2) is 0 Å². The van der Waals surface area contributed by atoms with Crippen molar-refractivity contribution >= 4 is 0 Å². The van der Waals surface area contributed by atoms with Gasteiger partial charge in [0.15, 0.2) is 11.5 Å². The molecule has 2 atom stereocenters. The Balaban J connectivity index is 1.39. The molecule has 0 spiro atoms. The fourth-order valence-corrected chi connectivity index (χ4v) is 3.46. The zero-order valence-electron chi connectivity index (χ0n) is 18.4. The Labute approximate surface area is 186 Å². The highest BCUT2D eigenvalue weighted by atomic mass is 16.6. The first-order valence-corrected chi connectivity index (χ1v) is 10.5. The summed E-state index contributed by atoms with van der Waals surface area (Å²) in [7, 11) is 5.15. The highest BCUT2D eigenvalue weighted by Crippen LogP contribution is 2.42. The van der Waals surface area contributed by atoms with Crippen LogP contribution in [-0.2, 0) is 16.5 Å². The largest absolute Gasteiger partial charge is 0.493 e. The van der Waals surface area contributed by atoms with E-state index in [1.54, 1.807) is 14.2 Å². The molecule has 0 saturated carbocycles. The fourth-order valence-electron chi connectivity index (χ4n) is 3.46. The van der Waals surface area contributed by atoms with E-state index in [1.807, 2.05) is 54.2 Å². The molecular weight excluding hydrogens is 412 g/mol. The van der Waals surface area contributed by atoms with Crippen LogP contribution in [0.15, 0.2) is 42.5 Å². The van der Waals surface area contributed by atoms with E-state index in [-0.39, 0.29) is 12.2 Å². The SMILES string of the molecule is COc1cc(-c2cc(-c3ccc(OCC4CO4)cc3)n(C)n2)cc(OC)c1OCC1CO1. The van der Waals surface area contributed by atoms with Crippen LogP contribution in [0.2, 0.25) is 0 Å². The van der Waals surface area contributed by atoms with Gasteiger partial charge in [0.2, 0.25) is 5.75 Å². The van der Waals surface area contributed by atoms with E-state index < -0.39 is 0 Å². The first-order chi connectivity index (χ1) is 15.6. The van der Waals surface area contributed by atoms with Crippen LogP contribution in [0.5, 0.6) is 23.0 Å². The van der Waals surface area contributed by atoms with E-state index in [4.69, 9.17) is 33.5 Å². The number of aryl methyl sites for hydroxylation is 1. The number of hydrogen-bond donors (Lipinski definition) is 0. The number of nitrogens with zero attached hydrogens (tertiary/aromatic N) is 2. The van der Waals surface area contributed by atoms with Gasteiger partial charge in [0.05, 0.1) is 38.8 Å². The van der Waals surface area contributed by atoms with Crippen molar-refractivity contribution in [1.82, 2.24) is 9.78 Å². The topological polar surface area (TPSA) is 79.8 Å². The lowest BCUT2D eigenvalue weighted by atomic mass is 10.1.